The third-order valence-corrected chi connectivity index (χ3v) is 12.8. The summed E-state index contributed by atoms with van der Waals surface area (Å²) in [6.07, 6.45) is -0.0808. The maximum absolute atomic E-state index is 14.5. The highest BCUT2D eigenvalue weighted by Crippen LogP contribution is 2.37. The van der Waals surface area contributed by atoms with E-state index in [-0.39, 0.29) is 37.3 Å². The molecule has 42 heavy (non-hydrogen) atoms. The fraction of sp³-hybridized carbons (Fsp3) is 0.457. The van der Waals surface area contributed by atoms with Crippen molar-refractivity contribution in [3.05, 3.63) is 96.6 Å². The molecule has 0 radical (unpaired) electrons. The van der Waals surface area contributed by atoms with Crippen molar-refractivity contribution in [2.45, 2.75) is 77.7 Å². The third-order valence-electron chi connectivity index (χ3n) is 7.81. The van der Waals surface area contributed by atoms with Gasteiger partial charge in [0.2, 0.25) is 0 Å². The molecule has 0 aliphatic carbocycles. The maximum Gasteiger partial charge on any atom is 0.410 e. The Hall–Kier alpha value is -3.00. The number of rotatable bonds is 15. The molecule has 0 bridgehead atoms. The number of nitrogens with two attached hydrogens (primary N) is 1. The van der Waals surface area contributed by atoms with Gasteiger partial charge in [-0.1, -0.05) is 126 Å². The molecular formula is C35H49FN2O3Si. The summed E-state index contributed by atoms with van der Waals surface area (Å²) in [6, 6.07) is 30.1. The molecule has 1 unspecified atom stereocenters. The van der Waals surface area contributed by atoms with Gasteiger partial charge in [-0.25, -0.2) is 9.18 Å². The molecule has 2 N–H and O–H groups in total. The van der Waals surface area contributed by atoms with Gasteiger partial charge < -0.3 is 19.8 Å². The second kappa shape index (κ2) is 16.0. The third kappa shape index (κ3) is 9.00. The zero-order valence-electron chi connectivity index (χ0n) is 26.0. The zero-order valence-corrected chi connectivity index (χ0v) is 27.0. The molecule has 0 saturated carbocycles. The van der Waals surface area contributed by atoms with Gasteiger partial charge in [0.25, 0.3) is 8.32 Å². The van der Waals surface area contributed by atoms with Crippen LogP contribution in [0.4, 0.5) is 9.18 Å². The fourth-order valence-electron chi connectivity index (χ4n) is 5.43. The number of carbonyl (C=O) groups is 1. The van der Waals surface area contributed by atoms with Crippen LogP contribution in [-0.4, -0.2) is 51.2 Å². The van der Waals surface area contributed by atoms with Gasteiger partial charge in [-0.05, 0) is 46.2 Å². The van der Waals surface area contributed by atoms with E-state index < -0.39 is 20.6 Å². The van der Waals surface area contributed by atoms with Crippen LogP contribution in [0.3, 0.4) is 0 Å². The summed E-state index contributed by atoms with van der Waals surface area (Å²) in [7, 11) is -2.87. The Morgan fingerprint density at radius 1 is 0.857 bits per heavy atom. The number of nitrogens with zero attached hydrogens (tertiary/aromatic N) is 1. The molecule has 0 aliphatic rings. The molecule has 7 heteroatoms. The smallest absolute Gasteiger partial charge is 0.410 e. The number of halogens is 1. The molecule has 0 saturated heterocycles. The number of amides is 1. The van der Waals surface area contributed by atoms with Crippen molar-refractivity contribution in [3.8, 4) is 0 Å². The second-order valence-electron chi connectivity index (χ2n) is 12.5. The van der Waals surface area contributed by atoms with Gasteiger partial charge in [0.15, 0.2) is 0 Å². The maximum atomic E-state index is 14.5. The number of benzene rings is 3. The predicted molar refractivity (Wildman–Crippen MR) is 173 cm³/mol. The Morgan fingerprint density at radius 2 is 1.38 bits per heavy atom. The highest BCUT2D eigenvalue weighted by atomic mass is 28.4. The quantitative estimate of drug-likeness (QED) is 0.200. The van der Waals surface area contributed by atoms with Crippen LogP contribution in [0, 0.1) is 5.92 Å². The highest BCUT2D eigenvalue weighted by Gasteiger charge is 2.50. The minimum Gasteiger partial charge on any atom is -0.445 e. The Bertz CT molecular complexity index is 1150. The molecule has 0 aliphatic heterocycles. The van der Waals surface area contributed by atoms with Crippen LogP contribution in [0.1, 0.15) is 59.4 Å². The minimum absolute atomic E-state index is 0.0489. The van der Waals surface area contributed by atoms with Crippen molar-refractivity contribution in [1.82, 2.24) is 4.90 Å². The second-order valence-corrected chi connectivity index (χ2v) is 16.8. The van der Waals surface area contributed by atoms with Crippen molar-refractivity contribution in [1.29, 1.82) is 0 Å². The molecule has 0 fully saturated rings. The van der Waals surface area contributed by atoms with Gasteiger partial charge in [0.05, 0.1) is 12.6 Å². The summed E-state index contributed by atoms with van der Waals surface area (Å²) in [4.78, 5) is 15.5. The molecule has 2 atom stereocenters. The first-order valence-electron chi connectivity index (χ1n) is 15.1. The first-order chi connectivity index (χ1) is 20.1. The van der Waals surface area contributed by atoms with Gasteiger partial charge in [-0.3, -0.25) is 0 Å². The lowest BCUT2D eigenvalue weighted by Crippen LogP contribution is -2.67. The van der Waals surface area contributed by atoms with Crippen LogP contribution < -0.4 is 16.1 Å². The first-order valence-corrected chi connectivity index (χ1v) is 17.1. The number of ether oxygens (including phenoxy) is 1. The monoisotopic (exact) mass is 592 g/mol. The van der Waals surface area contributed by atoms with Gasteiger partial charge in [0, 0.05) is 13.1 Å². The van der Waals surface area contributed by atoms with Gasteiger partial charge in [0.1, 0.15) is 12.8 Å². The molecule has 0 spiro atoms. The van der Waals surface area contributed by atoms with Gasteiger partial charge in [-0.2, -0.15) is 0 Å². The van der Waals surface area contributed by atoms with E-state index in [1.54, 1.807) is 4.90 Å². The number of carbonyl (C=O) groups excluding carboxylic acids is 1. The van der Waals surface area contributed by atoms with Crippen LogP contribution in [0.15, 0.2) is 91.0 Å². The van der Waals surface area contributed by atoms with Crippen LogP contribution in [-0.2, 0) is 15.8 Å². The van der Waals surface area contributed by atoms with Crippen molar-refractivity contribution >= 4 is 24.8 Å². The summed E-state index contributed by atoms with van der Waals surface area (Å²) >= 11 is 0. The summed E-state index contributed by atoms with van der Waals surface area (Å²) in [5.41, 5.74) is 6.57. The summed E-state index contributed by atoms with van der Waals surface area (Å²) in [6.45, 7) is 11.8. The summed E-state index contributed by atoms with van der Waals surface area (Å²) < 4.78 is 27.6. The Labute approximate surface area is 253 Å². The average Bonchev–Trinajstić information content (AvgIpc) is 2.99. The highest BCUT2D eigenvalue weighted by molar-refractivity contribution is 6.99. The molecule has 228 valence electrons. The summed E-state index contributed by atoms with van der Waals surface area (Å²) in [5, 5.41) is 2.10. The molecule has 0 aromatic heterocycles. The normalized spacial score (nSPS) is 13.5. The number of alkyl halides is 1. The van der Waals surface area contributed by atoms with E-state index in [9.17, 15) is 9.18 Å². The SMILES string of the molecule is CC(C)CCN(C(=O)OCc1ccccc1)[C@@H](CCC(F)CN)CO[Si](c1ccccc1)(c1ccccc1)C(C)(C)C. The van der Waals surface area contributed by atoms with Crippen LogP contribution in [0.25, 0.3) is 0 Å². The van der Waals surface area contributed by atoms with E-state index in [1.807, 2.05) is 42.5 Å². The largest absolute Gasteiger partial charge is 0.445 e. The fourth-order valence-corrected chi connectivity index (χ4v) is 10.0. The predicted octanol–water partition coefficient (Wildman–Crippen LogP) is 6.69. The number of hydrogen-bond donors (Lipinski definition) is 1. The van der Waals surface area contributed by atoms with Crippen molar-refractivity contribution in [2.75, 3.05) is 19.7 Å². The number of hydrogen-bond acceptors (Lipinski definition) is 4. The molecule has 1 amide bonds. The van der Waals surface area contributed by atoms with E-state index in [4.69, 9.17) is 14.9 Å². The van der Waals surface area contributed by atoms with E-state index in [2.05, 4.69) is 83.1 Å². The van der Waals surface area contributed by atoms with E-state index in [0.29, 0.717) is 18.9 Å². The topological polar surface area (TPSA) is 64.8 Å². The Morgan fingerprint density at radius 3 is 1.86 bits per heavy atom. The molecule has 3 aromatic carbocycles. The lowest BCUT2D eigenvalue weighted by atomic mass is 10.1. The van der Waals surface area contributed by atoms with Gasteiger partial charge in [-0.15, -0.1) is 0 Å². The Balaban J connectivity index is 2.00. The van der Waals surface area contributed by atoms with Crippen LogP contribution in [0.2, 0.25) is 5.04 Å². The molecule has 5 nitrogen and oxygen atoms in total. The lowest BCUT2D eigenvalue weighted by Gasteiger charge is -2.44. The van der Waals surface area contributed by atoms with Crippen molar-refractivity contribution < 1.29 is 18.3 Å². The first kappa shape index (κ1) is 33.5. The van der Waals surface area contributed by atoms with E-state index in [1.165, 1.54) is 0 Å². The summed E-state index contributed by atoms with van der Waals surface area (Å²) in [5.74, 6) is 0.380. The lowest BCUT2D eigenvalue weighted by molar-refractivity contribution is 0.0594. The Kier molecular flexibility index (Phi) is 12.8. The van der Waals surface area contributed by atoms with E-state index in [0.717, 1.165) is 22.4 Å². The molecule has 0 heterocycles. The van der Waals surface area contributed by atoms with Gasteiger partial charge >= 0.3 is 6.09 Å². The van der Waals surface area contributed by atoms with Crippen molar-refractivity contribution in [3.63, 3.8) is 0 Å². The minimum atomic E-state index is -2.87. The average molecular weight is 593 g/mol. The van der Waals surface area contributed by atoms with E-state index >= 15 is 0 Å². The zero-order chi connectivity index (χ0) is 30.6. The standard InChI is InChI=1S/C35H49FN2O3Si/c1-28(2)23-24-38(34(39)40-26-29-15-9-6-10-16-29)31(22-21-30(36)25-37)27-41-42(35(3,4)5,32-17-11-7-12-18-32)33-19-13-8-14-20-33/h6-20,28,30-31H,21-27,37H2,1-5H3/t30?,31-/m0/s1. The molecule has 3 rings (SSSR count). The van der Waals surface area contributed by atoms with Crippen molar-refractivity contribution in [2.24, 2.45) is 11.7 Å². The molecular weight excluding hydrogens is 543 g/mol. The molecule has 3 aromatic rings. The van der Waals surface area contributed by atoms with Crippen LogP contribution >= 0.6 is 0 Å². The van der Waals surface area contributed by atoms with Crippen LogP contribution in [0.5, 0.6) is 0 Å².